The van der Waals surface area contributed by atoms with Gasteiger partial charge in [-0.15, -0.1) is 10.2 Å². The molecule has 0 saturated heterocycles. The first kappa shape index (κ1) is 10.9. The molecule has 0 aliphatic rings. The van der Waals surface area contributed by atoms with Gasteiger partial charge >= 0.3 is 6.18 Å². The molecule has 0 aromatic carbocycles. The Morgan fingerprint density at radius 1 is 1.50 bits per heavy atom. The highest BCUT2D eigenvalue weighted by molar-refractivity contribution is 4.81. The van der Waals surface area contributed by atoms with Gasteiger partial charge in [-0.25, -0.2) is 0 Å². The topological polar surface area (TPSA) is 63.8 Å². The number of aromatic nitrogens is 4. The molecule has 80 valence electrons. The number of rotatable bonds is 3. The quantitative estimate of drug-likeness (QED) is 0.766. The Hall–Kier alpha value is -1.18. The maximum atomic E-state index is 11.8. The summed E-state index contributed by atoms with van der Waals surface area (Å²) in [5.74, 6) is 0.101. The normalized spacial score (nSPS) is 14.4. The van der Waals surface area contributed by atoms with Crippen LogP contribution in [0.1, 0.15) is 12.2 Å². The summed E-state index contributed by atoms with van der Waals surface area (Å²) in [6.07, 6.45) is -7.39. The zero-order valence-corrected chi connectivity index (χ0v) is 7.36. The molecule has 0 spiro atoms. The minimum absolute atomic E-state index is 0.101. The number of aliphatic hydroxyl groups excluding tert-OH is 1. The maximum absolute atomic E-state index is 11.8. The van der Waals surface area contributed by atoms with Crippen LogP contribution in [0, 0.1) is 0 Å². The highest BCUT2D eigenvalue weighted by Gasteiger charge is 2.31. The van der Waals surface area contributed by atoms with Gasteiger partial charge in [0.1, 0.15) is 0 Å². The van der Waals surface area contributed by atoms with Crippen molar-refractivity contribution in [2.24, 2.45) is 7.05 Å². The Kier molecular flexibility index (Phi) is 3.04. The van der Waals surface area contributed by atoms with E-state index in [1.165, 1.54) is 7.05 Å². The molecule has 1 atom stereocenters. The second kappa shape index (κ2) is 3.91. The van der Waals surface area contributed by atoms with Crippen molar-refractivity contribution in [3.05, 3.63) is 5.82 Å². The fraction of sp³-hybridized carbons (Fsp3) is 0.833. The average Bonchev–Trinajstić information content (AvgIpc) is 2.30. The van der Waals surface area contributed by atoms with Crippen LogP contribution in [0.2, 0.25) is 0 Å². The Balaban J connectivity index is 2.45. The van der Waals surface area contributed by atoms with Crippen molar-refractivity contribution >= 4 is 0 Å². The molecular weight excluding hydrogens is 201 g/mol. The predicted octanol–water partition coefficient (Wildman–Crippen LogP) is 0.0659. The van der Waals surface area contributed by atoms with Crippen LogP contribution in [-0.2, 0) is 13.5 Å². The van der Waals surface area contributed by atoms with Crippen molar-refractivity contribution in [1.82, 2.24) is 20.2 Å². The second-order valence-electron chi connectivity index (χ2n) is 2.87. The third-order valence-electron chi connectivity index (χ3n) is 1.44. The van der Waals surface area contributed by atoms with Crippen molar-refractivity contribution in [3.8, 4) is 0 Å². The average molecular weight is 210 g/mol. The van der Waals surface area contributed by atoms with Crippen LogP contribution in [0.5, 0.6) is 0 Å². The van der Waals surface area contributed by atoms with E-state index in [9.17, 15) is 13.2 Å². The third-order valence-corrected chi connectivity index (χ3v) is 1.44. The van der Waals surface area contributed by atoms with Crippen molar-refractivity contribution < 1.29 is 18.3 Å². The summed E-state index contributed by atoms with van der Waals surface area (Å²) in [7, 11) is 1.49. The van der Waals surface area contributed by atoms with E-state index in [-0.39, 0.29) is 12.2 Å². The van der Waals surface area contributed by atoms with Crippen LogP contribution in [0.3, 0.4) is 0 Å². The fourth-order valence-electron chi connectivity index (χ4n) is 0.955. The van der Waals surface area contributed by atoms with Gasteiger partial charge in [-0.2, -0.15) is 18.0 Å². The van der Waals surface area contributed by atoms with Crippen LogP contribution >= 0.6 is 0 Å². The van der Waals surface area contributed by atoms with E-state index >= 15 is 0 Å². The van der Waals surface area contributed by atoms with E-state index in [0.717, 1.165) is 4.80 Å². The van der Waals surface area contributed by atoms with E-state index in [4.69, 9.17) is 5.11 Å². The smallest absolute Gasteiger partial charge is 0.391 e. The van der Waals surface area contributed by atoms with Crippen LogP contribution < -0.4 is 0 Å². The van der Waals surface area contributed by atoms with Gasteiger partial charge in [0.05, 0.1) is 19.6 Å². The highest BCUT2D eigenvalue weighted by atomic mass is 19.4. The minimum atomic E-state index is -4.37. The number of nitrogens with zero attached hydrogens (tertiary/aromatic N) is 4. The number of halogens is 3. The van der Waals surface area contributed by atoms with Gasteiger partial charge in [0.15, 0.2) is 5.82 Å². The van der Waals surface area contributed by atoms with E-state index in [0.29, 0.717) is 0 Å². The number of hydrogen-bond donors (Lipinski definition) is 1. The molecule has 0 aliphatic carbocycles. The van der Waals surface area contributed by atoms with Gasteiger partial charge in [-0.05, 0) is 5.21 Å². The van der Waals surface area contributed by atoms with Gasteiger partial charge < -0.3 is 5.11 Å². The SMILES string of the molecule is Cn1nnc(CC(O)CC(F)(F)F)n1. The fourth-order valence-corrected chi connectivity index (χ4v) is 0.955. The highest BCUT2D eigenvalue weighted by Crippen LogP contribution is 2.22. The molecule has 0 radical (unpaired) electrons. The summed E-state index contributed by atoms with van der Waals surface area (Å²) in [5, 5.41) is 19.5. The van der Waals surface area contributed by atoms with Crippen molar-refractivity contribution in [2.45, 2.75) is 25.1 Å². The van der Waals surface area contributed by atoms with Gasteiger partial charge in [0.25, 0.3) is 0 Å². The number of hydrogen-bond acceptors (Lipinski definition) is 4. The molecule has 14 heavy (non-hydrogen) atoms. The minimum Gasteiger partial charge on any atom is -0.392 e. The number of aliphatic hydroxyl groups is 1. The zero-order chi connectivity index (χ0) is 10.8. The second-order valence-corrected chi connectivity index (χ2v) is 2.87. The Labute approximate surface area is 77.5 Å². The monoisotopic (exact) mass is 210 g/mol. The summed E-state index contributed by atoms with van der Waals surface area (Å²) < 4.78 is 35.4. The predicted molar refractivity (Wildman–Crippen MR) is 39.2 cm³/mol. The summed E-state index contributed by atoms with van der Waals surface area (Å²) >= 11 is 0. The van der Waals surface area contributed by atoms with Crippen LogP contribution in [0.25, 0.3) is 0 Å². The van der Waals surface area contributed by atoms with Gasteiger partial charge in [0.2, 0.25) is 0 Å². The van der Waals surface area contributed by atoms with Gasteiger partial charge in [-0.1, -0.05) is 0 Å². The van der Waals surface area contributed by atoms with E-state index < -0.39 is 18.7 Å². The zero-order valence-electron chi connectivity index (χ0n) is 7.36. The summed E-state index contributed by atoms with van der Waals surface area (Å²) in [6, 6.07) is 0. The molecule has 0 amide bonds. The van der Waals surface area contributed by atoms with Crippen LogP contribution in [0.15, 0.2) is 0 Å². The largest absolute Gasteiger partial charge is 0.392 e. The molecule has 0 fully saturated rings. The summed E-state index contributed by atoms with van der Waals surface area (Å²) in [4.78, 5) is 1.12. The van der Waals surface area contributed by atoms with E-state index in [2.05, 4.69) is 15.4 Å². The first-order valence-corrected chi connectivity index (χ1v) is 3.84. The Morgan fingerprint density at radius 3 is 2.57 bits per heavy atom. The molecule has 1 N–H and O–H groups in total. The third kappa shape index (κ3) is 3.69. The number of aryl methyl sites for hydroxylation is 1. The first-order valence-electron chi connectivity index (χ1n) is 3.84. The molecule has 1 rings (SSSR count). The number of alkyl halides is 3. The first-order chi connectivity index (χ1) is 6.37. The molecule has 0 saturated carbocycles. The van der Waals surface area contributed by atoms with E-state index in [1.807, 2.05) is 0 Å². The lowest BCUT2D eigenvalue weighted by molar-refractivity contribution is -0.153. The lowest BCUT2D eigenvalue weighted by atomic mass is 10.2. The number of tetrazole rings is 1. The molecule has 1 heterocycles. The van der Waals surface area contributed by atoms with Crippen molar-refractivity contribution in [3.63, 3.8) is 0 Å². The van der Waals surface area contributed by atoms with Gasteiger partial charge in [0, 0.05) is 6.42 Å². The summed E-state index contributed by atoms with van der Waals surface area (Å²) in [5.41, 5.74) is 0. The molecule has 8 heteroatoms. The lowest BCUT2D eigenvalue weighted by Crippen LogP contribution is -2.21. The molecule has 1 aromatic heterocycles. The molecule has 5 nitrogen and oxygen atoms in total. The summed E-state index contributed by atoms with van der Waals surface area (Å²) in [6.45, 7) is 0. The Bertz CT molecular complexity index is 298. The molecule has 1 unspecified atom stereocenters. The molecule has 0 aliphatic heterocycles. The molecule has 1 aromatic rings. The molecular formula is C6H9F3N4O. The van der Waals surface area contributed by atoms with E-state index in [1.54, 1.807) is 0 Å². The Morgan fingerprint density at radius 2 is 2.14 bits per heavy atom. The lowest BCUT2D eigenvalue weighted by Gasteiger charge is -2.10. The van der Waals surface area contributed by atoms with Crippen molar-refractivity contribution in [1.29, 1.82) is 0 Å². The van der Waals surface area contributed by atoms with Crippen molar-refractivity contribution in [2.75, 3.05) is 0 Å². The van der Waals surface area contributed by atoms with Gasteiger partial charge in [-0.3, -0.25) is 0 Å². The van der Waals surface area contributed by atoms with Crippen LogP contribution in [0.4, 0.5) is 13.2 Å². The van der Waals surface area contributed by atoms with Crippen LogP contribution in [-0.4, -0.2) is 37.6 Å². The molecule has 0 bridgehead atoms. The standard InChI is InChI=1S/C6H9F3N4O/c1-13-11-5(10-12-13)2-4(14)3-6(7,8)9/h4,14H,2-3H2,1H3. The maximum Gasteiger partial charge on any atom is 0.391 e.